The van der Waals surface area contributed by atoms with Gasteiger partial charge in [0.2, 0.25) is 5.95 Å². The van der Waals surface area contributed by atoms with Crippen LogP contribution >= 0.6 is 0 Å². The lowest BCUT2D eigenvalue weighted by Crippen LogP contribution is -1.93. The van der Waals surface area contributed by atoms with Crippen LogP contribution in [0.3, 0.4) is 0 Å². The Labute approximate surface area is 56.1 Å². The van der Waals surface area contributed by atoms with E-state index in [1.165, 1.54) is 0 Å². The molecule has 0 spiro atoms. The molecule has 0 bridgehead atoms. The van der Waals surface area contributed by atoms with Crippen molar-refractivity contribution in [1.82, 2.24) is 4.98 Å². The fourth-order valence-electron chi connectivity index (χ4n) is 0.552. The van der Waals surface area contributed by atoms with Crippen LogP contribution in [0.5, 0.6) is 0 Å². The third kappa shape index (κ3) is 1.27. The molecule has 1 aromatic heterocycles. The quantitative estimate of drug-likeness (QED) is 0.594. The Bertz CT molecular complexity index is 239. The van der Waals surface area contributed by atoms with E-state index >= 15 is 0 Å². The number of aliphatic hydroxyl groups excluding tert-OH is 1. The summed E-state index contributed by atoms with van der Waals surface area (Å²) < 4.78 is 24.5. The second kappa shape index (κ2) is 2.70. The van der Waals surface area contributed by atoms with Gasteiger partial charge in [0, 0.05) is 17.8 Å². The van der Waals surface area contributed by atoms with E-state index in [1.54, 1.807) is 0 Å². The molecule has 0 amide bonds. The van der Waals surface area contributed by atoms with Crippen LogP contribution in [0.15, 0.2) is 12.3 Å². The Morgan fingerprint density at radius 2 is 2.20 bits per heavy atom. The molecule has 0 aliphatic heterocycles. The number of hydrogen-bond donors (Lipinski definition) is 1. The smallest absolute Gasteiger partial charge is 0.215 e. The highest BCUT2D eigenvalue weighted by molar-refractivity contribution is 5.10. The zero-order valence-electron chi connectivity index (χ0n) is 5.01. The van der Waals surface area contributed by atoms with Gasteiger partial charge in [0.25, 0.3) is 0 Å². The van der Waals surface area contributed by atoms with Crippen molar-refractivity contribution in [2.24, 2.45) is 0 Å². The van der Waals surface area contributed by atoms with Crippen LogP contribution in [-0.4, -0.2) is 10.1 Å². The number of pyridine rings is 1. The van der Waals surface area contributed by atoms with Crippen LogP contribution in [0.25, 0.3) is 0 Å². The maximum Gasteiger partial charge on any atom is 0.215 e. The monoisotopic (exact) mass is 145 g/mol. The highest BCUT2D eigenvalue weighted by atomic mass is 19.1. The molecular formula is C6H5F2NO. The lowest BCUT2D eigenvalue weighted by molar-refractivity contribution is 0.274. The maximum atomic E-state index is 12.4. The van der Waals surface area contributed by atoms with Gasteiger partial charge in [0.15, 0.2) is 0 Å². The molecule has 1 N–H and O–H groups in total. The summed E-state index contributed by atoms with van der Waals surface area (Å²) >= 11 is 0. The second-order valence-corrected chi connectivity index (χ2v) is 1.76. The minimum Gasteiger partial charge on any atom is -0.392 e. The van der Waals surface area contributed by atoms with Gasteiger partial charge in [-0.05, 0) is 0 Å². The lowest BCUT2D eigenvalue weighted by Gasteiger charge is -1.95. The molecule has 0 fully saturated rings. The summed E-state index contributed by atoms with van der Waals surface area (Å²) in [5.74, 6) is -1.65. The molecule has 1 rings (SSSR count). The average Bonchev–Trinajstić information content (AvgIpc) is 1.88. The van der Waals surface area contributed by atoms with Gasteiger partial charge < -0.3 is 5.11 Å². The Hall–Kier alpha value is -1.03. The van der Waals surface area contributed by atoms with Gasteiger partial charge in [-0.15, -0.1) is 0 Å². The number of aromatic nitrogens is 1. The molecule has 0 saturated heterocycles. The van der Waals surface area contributed by atoms with E-state index in [2.05, 4.69) is 4.98 Å². The average molecular weight is 145 g/mol. The molecule has 0 saturated carbocycles. The fourth-order valence-corrected chi connectivity index (χ4v) is 0.552. The van der Waals surface area contributed by atoms with E-state index in [9.17, 15) is 8.78 Å². The van der Waals surface area contributed by atoms with Gasteiger partial charge in [0.05, 0.1) is 6.61 Å². The van der Waals surface area contributed by atoms with Crippen molar-refractivity contribution >= 4 is 0 Å². The summed E-state index contributed by atoms with van der Waals surface area (Å²) in [6.45, 7) is -0.459. The summed E-state index contributed by atoms with van der Waals surface area (Å²) in [4.78, 5) is 3.14. The van der Waals surface area contributed by atoms with Gasteiger partial charge in [0.1, 0.15) is 5.82 Å². The van der Waals surface area contributed by atoms with Crippen molar-refractivity contribution in [2.45, 2.75) is 6.61 Å². The zero-order chi connectivity index (χ0) is 7.56. The number of rotatable bonds is 1. The molecular weight excluding hydrogens is 140 g/mol. The van der Waals surface area contributed by atoms with Crippen molar-refractivity contribution in [3.8, 4) is 0 Å². The molecule has 0 radical (unpaired) electrons. The first-order valence-corrected chi connectivity index (χ1v) is 2.65. The standard InChI is InChI=1S/C6H5F2NO/c7-5-1-6(8)9-2-4(5)3-10/h1-2,10H,3H2. The number of aliphatic hydroxyl groups is 1. The topological polar surface area (TPSA) is 33.1 Å². The van der Waals surface area contributed by atoms with Crippen LogP contribution in [-0.2, 0) is 6.61 Å². The molecule has 0 aliphatic carbocycles. The van der Waals surface area contributed by atoms with Gasteiger partial charge in [-0.3, -0.25) is 0 Å². The molecule has 10 heavy (non-hydrogen) atoms. The lowest BCUT2D eigenvalue weighted by atomic mass is 10.3. The Morgan fingerprint density at radius 1 is 1.50 bits per heavy atom. The summed E-state index contributed by atoms with van der Waals surface area (Å²) in [5.41, 5.74) is 0.00130. The minimum absolute atomic E-state index is 0.00130. The van der Waals surface area contributed by atoms with Crippen LogP contribution in [0, 0.1) is 11.8 Å². The first-order chi connectivity index (χ1) is 4.74. The number of halogens is 2. The predicted octanol–water partition coefficient (Wildman–Crippen LogP) is 0.852. The van der Waals surface area contributed by atoms with Gasteiger partial charge >= 0.3 is 0 Å². The molecule has 0 aliphatic rings. The summed E-state index contributed by atoms with van der Waals surface area (Å²) in [5, 5.41) is 8.41. The van der Waals surface area contributed by atoms with Gasteiger partial charge in [-0.2, -0.15) is 4.39 Å². The Morgan fingerprint density at radius 3 is 2.70 bits per heavy atom. The molecule has 54 valence electrons. The van der Waals surface area contributed by atoms with Crippen molar-refractivity contribution in [3.05, 3.63) is 29.6 Å². The third-order valence-corrected chi connectivity index (χ3v) is 1.07. The highest BCUT2D eigenvalue weighted by Gasteiger charge is 2.01. The summed E-state index contributed by atoms with van der Waals surface area (Å²) in [6.07, 6.45) is 0.963. The van der Waals surface area contributed by atoms with E-state index in [0.717, 1.165) is 6.20 Å². The second-order valence-electron chi connectivity index (χ2n) is 1.76. The van der Waals surface area contributed by atoms with E-state index in [-0.39, 0.29) is 5.56 Å². The van der Waals surface area contributed by atoms with E-state index in [1.807, 2.05) is 0 Å². The van der Waals surface area contributed by atoms with Crippen molar-refractivity contribution in [2.75, 3.05) is 0 Å². The Kier molecular flexibility index (Phi) is 1.91. The maximum absolute atomic E-state index is 12.4. The molecule has 0 aromatic carbocycles. The van der Waals surface area contributed by atoms with Crippen LogP contribution in [0.4, 0.5) is 8.78 Å². The fraction of sp³-hybridized carbons (Fsp3) is 0.167. The van der Waals surface area contributed by atoms with Crippen LogP contribution < -0.4 is 0 Å². The highest BCUT2D eigenvalue weighted by Crippen LogP contribution is 2.05. The predicted molar refractivity (Wildman–Crippen MR) is 30.1 cm³/mol. The zero-order valence-corrected chi connectivity index (χ0v) is 5.01. The van der Waals surface area contributed by atoms with E-state index < -0.39 is 18.4 Å². The first kappa shape index (κ1) is 7.08. The molecule has 0 atom stereocenters. The molecule has 1 aromatic rings. The third-order valence-electron chi connectivity index (χ3n) is 1.07. The summed E-state index contributed by atoms with van der Waals surface area (Å²) in [6, 6.07) is 0.631. The number of hydrogen-bond acceptors (Lipinski definition) is 2. The number of nitrogens with zero attached hydrogens (tertiary/aromatic N) is 1. The first-order valence-electron chi connectivity index (χ1n) is 2.65. The summed E-state index contributed by atoms with van der Waals surface area (Å²) in [7, 11) is 0. The molecule has 4 heteroatoms. The molecule has 1 heterocycles. The van der Waals surface area contributed by atoms with E-state index in [4.69, 9.17) is 5.11 Å². The Balaban J connectivity index is 3.07. The van der Waals surface area contributed by atoms with Gasteiger partial charge in [-0.1, -0.05) is 0 Å². The SMILES string of the molecule is OCc1cnc(F)cc1F. The van der Waals surface area contributed by atoms with Crippen LogP contribution in [0.1, 0.15) is 5.56 Å². The van der Waals surface area contributed by atoms with Crippen molar-refractivity contribution < 1.29 is 13.9 Å². The van der Waals surface area contributed by atoms with Crippen molar-refractivity contribution in [1.29, 1.82) is 0 Å². The minimum atomic E-state index is -0.880. The van der Waals surface area contributed by atoms with Crippen molar-refractivity contribution in [3.63, 3.8) is 0 Å². The normalized spacial score (nSPS) is 9.90. The van der Waals surface area contributed by atoms with Gasteiger partial charge in [-0.25, -0.2) is 9.37 Å². The van der Waals surface area contributed by atoms with E-state index in [0.29, 0.717) is 6.07 Å². The molecule has 0 unspecified atom stereocenters. The van der Waals surface area contributed by atoms with Crippen LogP contribution in [0.2, 0.25) is 0 Å². The molecule has 2 nitrogen and oxygen atoms in total. The largest absolute Gasteiger partial charge is 0.392 e.